The summed E-state index contributed by atoms with van der Waals surface area (Å²) in [5.41, 5.74) is 0.179. The topological polar surface area (TPSA) is 41.1 Å². The number of rotatable bonds is 5. The number of piperidine rings is 1. The second-order valence-electron chi connectivity index (χ2n) is 7.83. The highest BCUT2D eigenvalue weighted by molar-refractivity contribution is 5.82. The van der Waals surface area contributed by atoms with E-state index in [4.69, 9.17) is 0 Å². The summed E-state index contributed by atoms with van der Waals surface area (Å²) in [6.45, 7) is 9.48. The fourth-order valence-electron chi connectivity index (χ4n) is 4.18. The minimum atomic E-state index is -0.199. The normalized spacial score (nSPS) is 29.6. The molecule has 2 rings (SSSR count). The van der Waals surface area contributed by atoms with Crippen LogP contribution < -0.4 is 10.6 Å². The molecular weight excluding hydrogens is 248 g/mol. The molecule has 1 aliphatic carbocycles. The van der Waals surface area contributed by atoms with Crippen LogP contribution in [0.1, 0.15) is 65.7 Å². The van der Waals surface area contributed by atoms with Crippen molar-refractivity contribution >= 4 is 5.91 Å². The maximum absolute atomic E-state index is 12.6. The average molecular weight is 280 g/mol. The van der Waals surface area contributed by atoms with Crippen LogP contribution in [-0.2, 0) is 4.79 Å². The second-order valence-corrected chi connectivity index (χ2v) is 7.83. The zero-order valence-electron chi connectivity index (χ0n) is 13.6. The molecule has 20 heavy (non-hydrogen) atoms. The summed E-state index contributed by atoms with van der Waals surface area (Å²) in [4.78, 5) is 12.6. The summed E-state index contributed by atoms with van der Waals surface area (Å²) in [6, 6.07) is 0. The Bertz CT molecular complexity index is 326. The summed E-state index contributed by atoms with van der Waals surface area (Å²) >= 11 is 0. The van der Waals surface area contributed by atoms with Gasteiger partial charge in [0, 0.05) is 13.1 Å². The van der Waals surface area contributed by atoms with Crippen molar-refractivity contribution in [2.75, 3.05) is 19.6 Å². The van der Waals surface area contributed by atoms with Crippen LogP contribution in [-0.4, -0.2) is 25.5 Å². The number of carbonyl (C=O) groups is 1. The van der Waals surface area contributed by atoms with Gasteiger partial charge in [0.2, 0.25) is 5.91 Å². The molecule has 0 spiro atoms. The van der Waals surface area contributed by atoms with Gasteiger partial charge in [-0.1, -0.05) is 26.7 Å². The molecular formula is C17H32N2O. The van der Waals surface area contributed by atoms with Gasteiger partial charge in [-0.15, -0.1) is 0 Å². The Morgan fingerprint density at radius 3 is 2.45 bits per heavy atom. The van der Waals surface area contributed by atoms with Crippen LogP contribution >= 0.6 is 0 Å². The maximum atomic E-state index is 12.6. The fraction of sp³-hybridized carbons (Fsp3) is 0.941. The van der Waals surface area contributed by atoms with Gasteiger partial charge >= 0.3 is 0 Å². The van der Waals surface area contributed by atoms with E-state index in [0.717, 1.165) is 38.4 Å². The molecule has 1 saturated heterocycles. The van der Waals surface area contributed by atoms with Crippen molar-refractivity contribution in [1.29, 1.82) is 0 Å². The van der Waals surface area contributed by atoms with Crippen molar-refractivity contribution in [3.8, 4) is 0 Å². The molecule has 1 saturated carbocycles. The maximum Gasteiger partial charge on any atom is 0.227 e. The summed E-state index contributed by atoms with van der Waals surface area (Å²) < 4.78 is 0. The first-order valence-corrected chi connectivity index (χ1v) is 8.45. The Kier molecular flexibility index (Phi) is 5.11. The molecule has 0 bridgehead atoms. The van der Waals surface area contributed by atoms with Gasteiger partial charge in [-0.2, -0.15) is 0 Å². The molecule has 0 aromatic heterocycles. The molecule has 1 amide bonds. The highest BCUT2D eigenvalue weighted by Gasteiger charge is 2.38. The predicted octanol–water partition coefficient (Wildman–Crippen LogP) is 3.10. The molecule has 2 fully saturated rings. The molecule has 0 radical (unpaired) electrons. The van der Waals surface area contributed by atoms with Crippen LogP contribution in [0.3, 0.4) is 0 Å². The molecule has 3 nitrogen and oxygen atoms in total. The van der Waals surface area contributed by atoms with Crippen molar-refractivity contribution < 1.29 is 4.79 Å². The van der Waals surface area contributed by atoms with Crippen LogP contribution in [0.15, 0.2) is 0 Å². The third-order valence-corrected chi connectivity index (χ3v) is 5.27. The molecule has 0 aromatic carbocycles. The molecule has 2 N–H and O–H groups in total. The zero-order chi connectivity index (χ0) is 14.6. The lowest BCUT2D eigenvalue weighted by molar-refractivity contribution is -0.131. The Morgan fingerprint density at radius 1 is 1.20 bits per heavy atom. The number of hydrogen-bond donors (Lipinski definition) is 2. The van der Waals surface area contributed by atoms with E-state index < -0.39 is 0 Å². The molecule has 0 aromatic rings. The largest absolute Gasteiger partial charge is 0.355 e. The molecule has 116 valence electrons. The third-order valence-electron chi connectivity index (χ3n) is 5.27. The first kappa shape index (κ1) is 15.8. The van der Waals surface area contributed by atoms with E-state index in [0.29, 0.717) is 5.41 Å². The van der Waals surface area contributed by atoms with Crippen LogP contribution in [0.4, 0.5) is 0 Å². The van der Waals surface area contributed by atoms with E-state index in [1.807, 2.05) is 0 Å². The SMILES string of the molecule is CC(C)CC1(CNC(=O)C2(C)CCCNC2)CCCC1. The van der Waals surface area contributed by atoms with Gasteiger partial charge in [-0.25, -0.2) is 0 Å². The first-order chi connectivity index (χ1) is 9.46. The van der Waals surface area contributed by atoms with E-state index in [1.165, 1.54) is 32.1 Å². The van der Waals surface area contributed by atoms with Crippen molar-refractivity contribution in [3.05, 3.63) is 0 Å². The molecule has 1 heterocycles. The minimum absolute atomic E-state index is 0.199. The quantitative estimate of drug-likeness (QED) is 0.812. The summed E-state index contributed by atoms with van der Waals surface area (Å²) in [5.74, 6) is 0.983. The van der Waals surface area contributed by atoms with Gasteiger partial charge in [0.1, 0.15) is 0 Å². The fourth-order valence-corrected chi connectivity index (χ4v) is 4.18. The van der Waals surface area contributed by atoms with E-state index in [1.54, 1.807) is 0 Å². The summed E-state index contributed by atoms with van der Waals surface area (Å²) in [6.07, 6.45) is 8.63. The number of amides is 1. The molecule has 2 aliphatic rings. The van der Waals surface area contributed by atoms with Crippen LogP contribution in [0, 0.1) is 16.7 Å². The smallest absolute Gasteiger partial charge is 0.227 e. The van der Waals surface area contributed by atoms with E-state index >= 15 is 0 Å². The number of nitrogens with one attached hydrogen (secondary N) is 2. The Hall–Kier alpha value is -0.570. The lowest BCUT2D eigenvalue weighted by Gasteiger charge is -2.36. The van der Waals surface area contributed by atoms with Gasteiger partial charge in [0.25, 0.3) is 0 Å². The van der Waals surface area contributed by atoms with Gasteiger partial charge in [-0.05, 0) is 56.9 Å². The molecule has 1 aliphatic heterocycles. The Balaban J connectivity index is 1.90. The summed E-state index contributed by atoms with van der Waals surface area (Å²) in [5, 5.41) is 6.67. The van der Waals surface area contributed by atoms with E-state index in [-0.39, 0.29) is 11.3 Å². The van der Waals surface area contributed by atoms with Gasteiger partial charge < -0.3 is 10.6 Å². The van der Waals surface area contributed by atoms with Gasteiger partial charge in [-0.3, -0.25) is 4.79 Å². The monoisotopic (exact) mass is 280 g/mol. The predicted molar refractivity (Wildman–Crippen MR) is 83.6 cm³/mol. The van der Waals surface area contributed by atoms with E-state index in [9.17, 15) is 4.79 Å². The van der Waals surface area contributed by atoms with Crippen LogP contribution in [0.2, 0.25) is 0 Å². The van der Waals surface area contributed by atoms with E-state index in [2.05, 4.69) is 31.4 Å². The number of hydrogen-bond acceptors (Lipinski definition) is 2. The highest BCUT2D eigenvalue weighted by atomic mass is 16.2. The minimum Gasteiger partial charge on any atom is -0.355 e. The van der Waals surface area contributed by atoms with Crippen molar-refractivity contribution in [3.63, 3.8) is 0 Å². The molecule has 1 unspecified atom stereocenters. The second kappa shape index (κ2) is 6.46. The van der Waals surface area contributed by atoms with Gasteiger partial charge in [0.05, 0.1) is 5.41 Å². The standard InChI is InChI=1S/C17H32N2O/c1-14(2)11-17(8-4-5-9-17)13-19-15(20)16(3)7-6-10-18-12-16/h14,18H,4-13H2,1-3H3,(H,19,20). The van der Waals surface area contributed by atoms with Crippen LogP contribution in [0.5, 0.6) is 0 Å². The lowest BCUT2D eigenvalue weighted by atomic mass is 9.77. The third kappa shape index (κ3) is 3.75. The van der Waals surface area contributed by atoms with Gasteiger partial charge in [0.15, 0.2) is 0 Å². The summed E-state index contributed by atoms with van der Waals surface area (Å²) in [7, 11) is 0. The zero-order valence-corrected chi connectivity index (χ0v) is 13.6. The van der Waals surface area contributed by atoms with Crippen molar-refractivity contribution in [2.45, 2.75) is 65.7 Å². The molecule has 1 atom stereocenters. The number of carbonyl (C=O) groups excluding carboxylic acids is 1. The Labute approximate surface area is 124 Å². The highest BCUT2D eigenvalue weighted by Crippen LogP contribution is 2.42. The first-order valence-electron chi connectivity index (χ1n) is 8.45. The van der Waals surface area contributed by atoms with Crippen LogP contribution in [0.25, 0.3) is 0 Å². The Morgan fingerprint density at radius 2 is 1.90 bits per heavy atom. The average Bonchev–Trinajstić information content (AvgIpc) is 2.85. The van der Waals surface area contributed by atoms with Crippen molar-refractivity contribution in [1.82, 2.24) is 10.6 Å². The lowest BCUT2D eigenvalue weighted by Crippen LogP contribution is -2.50. The molecule has 3 heteroatoms. The van der Waals surface area contributed by atoms with Crippen molar-refractivity contribution in [2.24, 2.45) is 16.7 Å².